The predicted molar refractivity (Wildman–Crippen MR) is 278 cm³/mol. The molecule has 0 unspecified atom stereocenters. The Hall–Kier alpha value is -7.78. The molecule has 306 valence electrons. The first-order chi connectivity index (χ1) is 32.0. The molecule has 65 heavy (non-hydrogen) atoms. The Bertz CT molecular complexity index is 3690. The average Bonchev–Trinajstić information content (AvgIpc) is 3.84. The van der Waals surface area contributed by atoms with E-state index in [2.05, 4.69) is 244 Å². The third kappa shape index (κ3) is 5.51. The number of hydrogen-bond donors (Lipinski definition) is 0. The van der Waals surface area contributed by atoms with Crippen molar-refractivity contribution in [3.8, 4) is 33.4 Å². The van der Waals surface area contributed by atoms with Crippen LogP contribution in [0.25, 0.3) is 87.6 Å². The van der Waals surface area contributed by atoms with Crippen LogP contribution in [-0.4, -0.2) is 8.07 Å². The van der Waals surface area contributed by atoms with E-state index in [-0.39, 0.29) is 5.41 Å². The highest BCUT2D eigenvalue weighted by atomic mass is 28.3. The van der Waals surface area contributed by atoms with Crippen LogP contribution in [0.2, 0.25) is 0 Å². The standard InChI is InChI=1S/C63H44OSi/c1-63(2)57-38-43(34-35-48(57)54-36-41-20-12-13-21-42(41)37-58(54)63)60-50-29-14-16-31-52(50)61(53-32-17-15-30-51(53)60)56-40-47(39-55-49-28-18-19-33-59(49)64-62(55)56)65(44-22-6-3-7-23-44,45-24-8-4-9-25-45)46-26-10-5-11-27-46/h3-40H,1-2H3. The third-order valence-corrected chi connectivity index (χ3v) is 19.3. The van der Waals surface area contributed by atoms with Crippen LogP contribution in [0.15, 0.2) is 235 Å². The number of fused-ring (bicyclic) bond motifs is 9. The van der Waals surface area contributed by atoms with Crippen LogP contribution in [0, 0.1) is 0 Å². The summed E-state index contributed by atoms with van der Waals surface area (Å²) in [7, 11) is -2.95. The molecule has 13 rings (SSSR count). The molecular weight excluding hydrogens is 801 g/mol. The van der Waals surface area contributed by atoms with Crippen LogP contribution < -0.4 is 20.7 Å². The molecule has 1 nitrogen and oxygen atoms in total. The first-order valence-corrected chi connectivity index (χ1v) is 24.7. The zero-order valence-corrected chi connectivity index (χ0v) is 37.3. The second-order valence-electron chi connectivity index (χ2n) is 18.3. The van der Waals surface area contributed by atoms with Crippen LogP contribution in [0.4, 0.5) is 0 Å². The van der Waals surface area contributed by atoms with Gasteiger partial charge in [-0.2, -0.15) is 0 Å². The molecule has 0 radical (unpaired) electrons. The summed E-state index contributed by atoms with van der Waals surface area (Å²) in [6.07, 6.45) is 0. The summed E-state index contributed by atoms with van der Waals surface area (Å²) in [4.78, 5) is 0. The van der Waals surface area contributed by atoms with E-state index in [4.69, 9.17) is 4.42 Å². The van der Waals surface area contributed by atoms with Gasteiger partial charge in [0.1, 0.15) is 11.2 Å². The molecule has 0 atom stereocenters. The lowest BCUT2D eigenvalue weighted by atomic mass is 9.80. The zero-order chi connectivity index (χ0) is 43.3. The molecule has 0 saturated carbocycles. The van der Waals surface area contributed by atoms with E-state index in [1.54, 1.807) is 0 Å². The fraction of sp³-hybridized carbons (Fsp3) is 0.0476. The summed E-state index contributed by atoms with van der Waals surface area (Å²) >= 11 is 0. The second kappa shape index (κ2) is 14.4. The molecule has 0 bridgehead atoms. The quantitative estimate of drug-likeness (QED) is 0.0923. The van der Waals surface area contributed by atoms with Gasteiger partial charge >= 0.3 is 0 Å². The Labute approximate surface area is 379 Å². The molecule has 0 N–H and O–H groups in total. The number of hydrogen-bond acceptors (Lipinski definition) is 1. The van der Waals surface area contributed by atoms with Crippen molar-refractivity contribution in [2.45, 2.75) is 19.3 Å². The van der Waals surface area contributed by atoms with E-state index in [9.17, 15) is 0 Å². The van der Waals surface area contributed by atoms with Crippen molar-refractivity contribution in [3.05, 3.63) is 242 Å². The molecule has 2 heteroatoms. The fourth-order valence-corrected chi connectivity index (χ4v) is 16.4. The van der Waals surface area contributed by atoms with Gasteiger partial charge in [-0.3, -0.25) is 0 Å². The molecule has 12 aromatic rings. The lowest BCUT2D eigenvalue weighted by Gasteiger charge is -2.35. The van der Waals surface area contributed by atoms with E-state index in [1.165, 1.54) is 92.0 Å². The maximum absolute atomic E-state index is 7.08. The molecule has 0 spiro atoms. The van der Waals surface area contributed by atoms with Crippen molar-refractivity contribution in [1.29, 1.82) is 0 Å². The molecule has 1 heterocycles. The minimum absolute atomic E-state index is 0.157. The van der Waals surface area contributed by atoms with Gasteiger partial charge in [-0.05, 0) is 111 Å². The summed E-state index contributed by atoms with van der Waals surface area (Å²) in [6.45, 7) is 4.79. The topological polar surface area (TPSA) is 13.1 Å². The molecule has 11 aromatic carbocycles. The van der Waals surface area contributed by atoms with E-state index in [1.807, 2.05) is 0 Å². The summed E-state index contributed by atoms with van der Waals surface area (Å²) in [5.74, 6) is 0. The number of rotatable bonds is 6. The minimum atomic E-state index is -2.95. The minimum Gasteiger partial charge on any atom is -0.455 e. The van der Waals surface area contributed by atoms with Gasteiger partial charge in [0.25, 0.3) is 0 Å². The molecule has 1 aromatic heterocycles. The Kier molecular flexibility index (Phi) is 8.34. The van der Waals surface area contributed by atoms with Gasteiger partial charge in [-0.25, -0.2) is 0 Å². The number of benzene rings is 11. The smallest absolute Gasteiger partial charge is 0.179 e. The van der Waals surface area contributed by atoms with Crippen molar-refractivity contribution in [2.24, 2.45) is 0 Å². The zero-order valence-electron chi connectivity index (χ0n) is 36.3. The normalized spacial score (nSPS) is 13.2. The highest BCUT2D eigenvalue weighted by Crippen LogP contribution is 2.52. The molecule has 0 fully saturated rings. The van der Waals surface area contributed by atoms with Crippen LogP contribution in [0.3, 0.4) is 0 Å². The summed E-state index contributed by atoms with van der Waals surface area (Å²) in [5, 5.41) is 15.1. The van der Waals surface area contributed by atoms with Crippen molar-refractivity contribution in [2.75, 3.05) is 0 Å². The van der Waals surface area contributed by atoms with Crippen LogP contribution >= 0.6 is 0 Å². The van der Waals surface area contributed by atoms with E-state index < -0.39 is 8.07 Å². The van der Waals surface area contributed by atoms with Crippen molar-refractivity contribution < 1.29 is 4.42 Å². The summed E-state index contributed by atoms with van der Waals surface area (Å²) in [5.41, 5.74) is 11.9. The molecule has 0 saturated heterocycles. The Morgan fingerprint density at radius 2 is 0.815 bits per heavy atom. The lowest BCUT2D eigenvalue weighted by Crippen LogP contribution is -2.74. The van der Waals surface area contributed by atoms with Gasteiger partial charge < -0.3 is 4.42 Å². The van der Waals surface area contributed by atoms with Gasteiger partial charge in [-0.15, -0.1) is 0 Å². The fourth-order valence-electron chi connectivity index (χ4n) is 11.6. The Balaban J connectivity index is 1.13. The number of furan rings is 1. The lowest BCUT2D eigenvalue weighted by molar-refractivity contribution is 0.661. The van der Waals surface area contributed by atoms with Crippen LogP contribution in [0.1, 0.15) is 25.0 Å². The van der Waals surface area contributed by atoms with Gasteiger partial charge in [0.05, 0.1) is 0 Å². The van der Waals surface area contributed by atoms with E-state index in [0.717, 1.165) is 27.5 Å². The van der Waals surface area contributed by atoms with Gasteiger partial charge in [0, 0.05) is 27.3 Å². The molecule has 0 amide bonds. The van der Waals surface area contributed by atoms with Gasteiger partial charge in [0.2, 0.25) is 0 Å². The molecule has 1 aliphatic carbocycles. The summed E-state index contributed by atoms with van der Waals surface area (Å²) in [6, 6.07) is 86.2. The second-order valence-corrected chi connectivity index (χ2v) is 22.1. The highest BCUT2D eigenvalue weighted by molar-refractivity contribution is 7.20. The van der Waals surface area contributed by atoms with Crippen molar-refractivity contribution in [3.63, 3.8) is 0 Å². The average molecular weight is 845 g/mol. The van der Waals surface area contributed by atoms with E-state index in [0.29, 0.717) is 0 Å². The molecule has 0 aliphatic heterocycles. The Morgan fingerprint density at radius 3 is 1.40 bits per heavy atom. The predicted octanol–water partition coefficient (Wildman–Crippen LogP) is 14.1. The van der Waals surface area contributed by atoms with Crippen LogP contribution in [-0.2, 0) is 5.41 Å². The molecule has 1 aliphatic rings. The van der Waals surface area contributed by atoms with Crippen LogP contribution in [0.5, 0.6) is 0 Å². The maximum Gasteiger partial charge on any atom is 0.179 e. The molecular formula is C63H44OSi. The van der Waals surface area contributed by atoms with Crippen molar-refractivity contribution in [1.82, 2.24) is 0 Å². The Morgan fingerprint density at radius 1 is 0.338 bits per heavy atom. The first kappa shape index (κ1) is 37.7. The van der Waals surface area contributed by atoms with Gasteiger partial charge in [0.15, 0.2) is 8.07 Å². The highest BCUT2D eigenvalue weighted by Gasteiger charge is 2.42. The monoisotopic (exact) mass is 844 g/mol. The largest absolute Gasteiger partial charge is 0.455 e. The van der Waals surface area contributed by atoms with Crippen molar-refractivity contribution >= 4 is 83.1 Å². The summed E-state index contributed by atoms with van der Waals surface area (Å²) < 4.78 is 7.08. The SMILES string of the molecule is CC1(C)c2cc(-c3c4ccccc4c(-c4cc([Si](c5ccccc5)(c5ccccc5)c5ccccc5)cc5c4oc4ccccc45)c4ccccc34)ccc2-c2cc3ccccc3cc21. The van der Waals surface area contributed by atoms with Gasteiger partial charge in [-0.1, -0.05) is 220 Å². The van der Waals surface area contributed by atoms with E-state index >= 15 is 0 Å². The first-order valence-electron chi connectivity index (χ1n) is 22.7. The number of para-hydroxylation sites is 1. The third-order valence-electron chi connectivity index (χ3n) is 14.6. The maximum atomic E-state index is 7.08.